The van der Waals surface area contributed by atoms with Crippen LogP contribution in [0.5, 0.6) is 0 Å². The number of unbranched alkanes of at least 4 members (excludes halogenated alkanes) is 1. The Morgan fingerprint density at radius 1 is 1.32 bits per heavy atom. The van der Waals surface area contributed by atoms with Crippen LogP contribution in [0.4, 0.5) is 0 Å². The second-order valence-corrected chi connectivity index (χ2v) is 6.16. The maximum absolute atomic E-state index is 10.1. The predicted octanol–water partition coefficient (Wildman–Crippen LogP) is 1.54. The Hall–Kier alpha value is -0.940. The maximum atomic E-state index is 10.1. The average Bonchev–Trinajstić information content (AvgIpc) is 2.87. The van der Waals surface area contributed by atoms with E-state index in [1.54, 1.807) is 12.7 Å². The van der Waals surface area contributed by atoms with Crippen molar-refractivity contribution in [3.8, 4) is 0 Å². The van der Waals surface area contributed by atoms with E-state index >= 15 is 0 Å². The Labute approximate surface area is 115 Å². The molecule has 1 aromatic heterocycles. The van der Waals surface area contributed by atoms with E-state index in [1.165, 1.54) is 19.4 Å². The zero-order valence-corrected chi connectivity index (χ0v) is 12.1. The number of aryl methyl sites for hydroxylation is 1. The zero-order chi connectivity index (χ0) is 13.7. The third kappa shape index (κ3) is 4.58. The van der Waals surface area contributed by atoms with E-state index in [1.807, 2.05) is 18.5 Å². The molecular formula is C14H26N4O. The molecule has 2 rings (SSSR count). The van der Waals surface area contributed by atoms with Crippen molar-refractivity contribution in [3.63, 3.8) is 0 Å². The zero-order valence-electron chi connectivity index (χ0n) is 12.1. The Bertz CT molecular complexity index is 358. The molecule has 1 atom stereocenters. The number of likely N-dealkylation sites (tertiary alicyclic amines) is 1. The summed E-state index contributed by atoms with van der Waals surface area (Å²) in [5, 5.41) is 14.2. The van der Waals surface area contributed by atoms with Crippen LogP contribution in [0.3, 0.4) is 0 Å². The van der Waals surface area contributed by atoms with E-state index in [-0.39, 0.29) is 0 Å². The molecule has 5 nitrogen and oxygen atoms in total. The third-order valence-electron chi connectivity index (χ3n) is 4.08. The fourth-order valence-electron chi connectivity index (χ4n) is 2.79. The summed E-state index contributed by atoms with van der Waals surface area (Å²) in [6, 6.07) is 0. The van der Waals surface area contributed by atoms with E-state index in [2.05, 4.69) is 15.0 Å². The van der Waals surface area contributed by atoms with Gasteiger partial charge in [0.25, 0.3) is 0 Å². The minimum absolute atomic E-state index is 0.413. The highest BCUT2D eigenvalue weighted by atomic mass is 16.3. The summed E-state index contributed by atoms with van der Waals surface area (Å²) in [6.07, 6.45) is 8.02. The fraction of sp³-hybridized carbons (Fsp3) is 0.857. The number of nitrogens with zero attached hydrogens (tertiary/aromatic N) is 4. The monoisotopic (exact) mass is 266 g/mol. The summed E-state index contributed by atoms with van der Waals surface area (Å²) in [5.74, 6) is 0.413. The molecule has 1 aliphatic rings. The van der Waals surface area contributed by atoms with Gasteiger partial charge in [-0.05, 0) is 58.5 Å². The normalized spacial score (nSPS) is 21.7. The molecule has 0 aliphatic carbocycles. The van der Waals surface area contributed by atoms with Crippen LogP contribution in [0.2, 0.25) is 0 Å². The number of hydrogen-bond donors (Lipinski definition) is 1. The first-order valence-electron chi connectivity index (χ1n) is 7.33. The van der Waals surface area contributed by atoms with Crippen molar-refractivity contribution in [1.82, 2.24) is 19.7 Å². The summed E-state index contributed by atoms with van der Waals surface area (Å²) in [4.78, 5) is 6.43. The van der Waals surface area contributed by atoms with Crippen LogP contribution in [-0.4, -0.2) is 50.0 Å². The molecular weight excluding hydrogens is 240 g/mol. The summed E-state index contributed by atoms with van der Waals surface area (Å²) in [7, 11) is 0. The lowest BCUT2D eigenvalue weighted by Crippen LogP contribution is -2.44. The van der Waals surface area contributed by atoms with Gasteiger partial charge in [-0.2, -0.15) is 5.10 Å². The van der Waals surface area contributed by atoms with Crippen molar-refractivity contribution in [3.05, 3.63) is 12.7 Å². The number of rotatable bonds is 6. The second-order valence-electron chi connectivity index (χ2n) is 6.16. The van der Waals surface area contributed by atoms with Gasteiger partial charge in [-0.15, -0.1) is 0 Å². The SMILES string of the molecule is CC(C)(O)[C@@H]1CCCN(CCCCn2cncn2)C1. The molecule has 19 heavy (non-hydrogen) atoms. The quantitative estimate of drug-likeness (QED) is 0.794. The van der Waals surface area contributed by atoms with Crippen LogP contribution < -0.4 is 0 Å². The number of piperidine rings is 1. The minimum Gasteiger partial charge on any atom is -0.390 e. The molecule has 0 spiro atoms. The first-order valence-corrected chi connectivity index (χ1v) is 7.33. The Morgan fingerprint density at radius 2 is 2.11 bits per heavy atom. The van der Waals surface area contributed by atoms with Crippen molar-refractivity contribution in [2.45, 2.75) is 51.7 Å². The van der Waals surface area contributed by atoms with Crippen LogP contribution in [0.25, 0.3) is 0 Å². The number of aromatic nitrogens is 3. The predicted molar refractivity (Wildman–Crippen MR) is 74.7 cm³/mol. The van der Waals surface area contributed by atoms with E-state index in [4.69, 9.17) is 0 Å². The summed E-state index contributed by atoms with van der Waals surface area (Å²) < 4.78 is 1.88. The van der Waals surface area contributed by atoms with E-state index in [0.29, 0.717) is 5.92 Å². The van der Waals surface area contributed by atoms with Crippen LogP contribution in [0, 0.1) is 5.92 Å². The molecule has 1 saturated heterocycles. The molecule has 0 saturated carbocycles. The Balaban J connectivity index is 1.65. The van der Waals surface area contributed by atoms with Gasteiger partial charge in [-0.25, -0.2) is 4.98 Å². The second kappa shape index (κ2) is 6.48. The van der Waals surface area contributed by atoms with Gasteiger partial charge in [0, 0.05) is 13.1 Å². The highest BCUT2D eigenvalue weighted by molar-refractivity contribution is 4.83. The van der Waals surface area contributed by atoms with E-state index < -0.39 is 5.60 Å². The molecule has 0 bridgehead atoms. The van der Waals surface area contributed by atoms with Crippen molar-refractivity contribution < 1.29 is 5.11 Å². The van der Waals surface area contributed by atoms with Gasteiger partial charge in [0.2, 0.25) is 0 Å². The lowest BCUT2D eigenvalue weighted by atomic mass is 9.84. The standard InChI is InChI=1S/C14H26N4O/c1-14(2,19)13-6-5-8-17(10-13)7-3-4-9-18-12-15-11-16-18/h11-13,19H,3-10H2,1-2H3/t13-/m1/s1. The van der Waals surface area contributed by atoms with Crippen LogP contribution in [0.15, 0.2) is 12.7 Å². The first kappa shape index (κ1) is 14.5. The summed E-state index contributed by atoms with van der Waals surface area (Å²) >= 11 is 0. The molecule has 1 aromatic rings. The maximum Gasteiger partial charge on any atom is 0.137 e. The molecule has 0 amide bonds. The smallest absolute Gasteiger partial charge is 0.137 e. The fourth-order valence-corrected chi connectivity index (χ4v) is 2.79. The largest absolute Gasteiger partial charge is 0.390 e. The van der Waals surface area contributed by atoms with Crippen molar-refractivity contribution in [2.24, 2.45) is 5.92 Å². The first-order chi connectivity index (χ1) is 9.05. The topological polar surface area (TPSA) is 54.2 Å². The van der Waals surface area contributed by atoms with Crippen LogP contribution in [-0.2, 0) is 6.54 Å². The molecule has 108 valence electrons. The molecule has 2 heterocycles. The lowest BCUT2D eigenvalue weighted by molar-refractivity contribution is -0.0184. The van der Waals surface area contributed by atoms with Gasteiger partial charge < -0.3 is 10.0 Å². The summed E-state index contributed by atoms with van der Waals surface area (Å²) in [5.41, 5.74) is -0.542. The van der Waals surface area contributed by atoms with E-state index in [9.17, 15) is 5.11 Å². The highest BCUT2D eigenvalue weighted by Crippen LogP contribution is 2.26. The molecule has 0 unspecified atom stereocenters. The van der Waals surface area contributed by atoms with Gasteiger partial charge in [-0.1, -0.05) is 0 Å². The van der Waals surface area contributed by atoms with Crippen molar-refractivity contribution in [2.75, 3.05) is 19.6 Å². The van der Waals surface area contributed by atoms with Gasteiger partial charge >= 0.3 is 0 Å². The molecule has 0 radical (unpaired) electrons. The molecule has 1 fully saturated rings. The minimum atomic E-state index is -0.542. The molecule has 0 aromatic carbocycles. The van der Waals surface area contributed by atoms with E-state index in [0.717, 1.165) is 32.5 Å². The van der Waals surface area contributed by atoms with Crippen LogP contribution >= 0.6 is 0 Å². The third-order valence-corrected chi connectivity index (χ3v) is 4.08. The van der Waals surface area contributed by atoms with Gasteiger partial charge in [-0.3, -0.25) is 4.68 Å². The highest BCUT2D eigenvalue weighted by Gasteiger charge is 2.30. The molecule has 5 heteroatoms. The summed E-state index contributed by atoms with van der Waals surface area (Å²) in [6.45, 7) is 8.16. The molecule has 1 N–H and O–H groups in total. The average molecular weight is 266 g/mol. The lowest BCUT2D eigenvalue weighted by Gasteiger charge is -2.38. The van der Waals surface area contributed by atoms with Crippen molar-refractivity contribution in [1.29, 1.82) is 0 Å². The van der Waals surface area contributed by atoms with Crippen LogP contribution in [0.1, 0.15) is 39.5 Å². The van der Waals surface area contributed by atoms with Gasteiger partial charge in [0.15, 0.2) is 0 Å². The Kier molecular flexibility index (Phi) is 4.93. The van der Waals surface area contributed by atoms with Crippen molar-refractivity contribution >= 4 is 0 Å². The Morgan fingerprint density at radius 3 is 2.79 bits per heavy atom. The molecule has 1 aliphatic heterocycles. The number of aliphatic hydroxyl groups is 1. The van der Waals surface area contributed by atoms with Gasteiger partial charge in [0.05, 0.1) is 5.60 Å². The van der Waals surface area contributed by atoms with Gasteiger partial charge in [0.1, 0.15) is 12.7 Å². The number of hydrogen-bond acceptors (Lipinski definition) is 4.